The van der Waals surface area contributed by atoms with Gasteiger partial charge in [0.1, 0.15) is 5.75 Å². The Morgan fingerprint density at radius 1 is 0.786 bits per heavy atom. The average Bonchev–Trinajstić information content (AvgIpc) is 2.77. The summed E-state index contributed by atoms with van der Waals surface area (Å²) in [7, 11) is 6.70. The molecule has 28 heavy (non-hydrogen) atoms. The van der Waals surface area contributed by atoms with E-state index in [0.717, 1.165) is 17.9 Å². The summed E-state index contributed by atoms with van der Waals surface area (Å²) in [6, 6.07) is 12.3. The SMILES string of the molecule is COc1ccc(/C=C/C2CCCC(c3ccc(OC)c(OC)c3OC)C2)cc1. The minimum Gasteiger partial charge on any atom is -0.497 e. The highest BCUT2D eigenvalue weighted by Gasteiger charge is 2.27. The maximum atomic E-state index is 5.71. The molecule has 1 aliphatic rings. The Kier molecular flexibility index (Phi) is 6.85. The highest BCUT2D eigenvalue weighted by molar-refractivity contribution is 5.57. The molecule has 1 aliphatic carbocycles. The van der Waals surface area contributed by atoms with Gasteiger partial charge in [-0.15, -0.1) is 0 Å². The highest BCUT2D eigenvalue weighted by Crippen LogP contribution is 2.47. The van der Waals surface area contributed by atoms with Gasteiger partial charge in [-0.3, -0.25) is 0 Å². The largest absolute Gasteiger partial charge is 0.497 e. The smallest absolute Gasteiger partial charge is 0.203 e. The first kappa shape index (κ1) is 20.1. The Morgan fingerprint density at radius 3 is 2.18 bits per heavy atom. The number of allylic oxidation sites excluding steroid dienone is 1. The molecule has 0 N–H and O–H groups in total. The lowest BCUT2D eigenvalue weighted by molar-refractivity contribution is 0.312. The van der Waals surface area contributed by atoms with Gasteiger partial charge in [0.2, 0.25) is 5.75 Å². The number of hydrogen-bond donors (Lipinski definition) is 0. The van der Waals surface area contributed by atoms with Crippen LogP contribution in [0.4, 0.5) is 0 Å². The van der Waals surface area contributed by atoms with Crippen molar-refractivity contribution in [3.63, 3.8) is 0 Å². The van der Waals surface area contributed by atoms with E-state index in [1.165, 1.54) is 30.4 Å². The van der Waals surface area contributed by atoms with Crippen LogP contribution in [-0.2, 0) is 0 Å². The molecule has 2 unspecified atom stereocenters. The molecule has 2 aromatic rings. The van der Waals surface area contributed by atoms with E-state index >= 15 is 0 Å². The standard InChI is InChI=1S/C24H30O4/c1-25-20-12-10-17(11-13-20)8-9-18-6-5-7-19(16-18)21-14-15-22(26-2)24(28-4)23(21)27-3/h8-15,18-19H,5-7,16H2,1-4H3/b9-8+. The predicted octanol–water partition coefficient (Wildman–Crippen LogP) is 5.71. The molecule has 0 aromatic heterocycles. The minimum absolute atomic E-state index is 0.453. The van der Waals surface area contributed by atoms with E-state index in [0.29, 0.717) is 23.3 Å². The zero-order chi connectivity index (χ0) is 19.9. The van der Waals surface area contributed by atoms with Crippen LogP contribution in [0.15, 0.2) is 42.5 Å². The van der Waals surface area contributed by atoms with Crippen molar-refractivity contribution in [2.45, 2.75) is 31.6 Å². The third-order valence-electron chi connectivity index (χ3n) is 5.57. The topological polar surface area (TPSA) is 36.9 Å². The summed E-state index contributed by atoms with van der Waals surface area (Å²) in [6.07, 6.45) is 9.27. The predicted molar refractivity (Wildman–Crippen MR) is 113 cm³/mol. The third kappa shape index (κ3) is 4.44. The van der Waals surface area contributed by atoms with Crippen molar-refractivity contribution >= 4 is 6.08 Å². The van der Waals surface area contributed by atoms with Gasteiger partial charge in [-0.1, -0.05) is 36.8 Å². The van der Waals surface area contributed by atoms with Crippen molar-refractivity contribution in [1.29, 1.82) is 0 Å². The van der Waals surface area contributed by atoms with E-state index in [-0.39, 0.29) is 0 Å². The van der Waals surface area contributed by atoms with E-state index in [2.05, 4.69) is 30.4 Å². The molecular weight excluding hydrogens is 352 g/mol. The molecule has 3 rings (SSSR count). The molecule has 0 amide bonds. The lowest BCUT2D eigenvalue weighted by Gasteiger charge is -2.29. The van der Waals surface area contributed by atoms with Crippen LogP contribution in [0.5, 0.6) is 23.0 Å². The van der Waals surface area contributed by atoms with Crippen LogP contribution in [0.3, 0.4) is 0 Å². The summed E-state index contributed by atoms with van der Waals surface area (Å²) in [6.45, 7) is 0. The van der Waals surface area contributed by atoms with Crippen molar-refractivity contribution in [1.82, 2.24) is 0 Å². The molecule has 4 nitrogen and oxygen atoms in total. The summed E-state index contributed by atoms with van der Waals surface area (Å²) < 4.78 is 21.9. The number of ether oxygens (including phenoxy) is 4. The summed E-state index contributed by atoms with van der Waals surface area (Å²) in [5.74, 6) is 4.07. The van der Waals surface area contributed by atoms with Crippen LogP contribution in [0.2, 0.25) is 0 Å². The molecular formula is C24H30O4. The Labute approximate surface area is 168 Å². The summed E-state index contributed by atoms with van der Waals surface area (Å²) >= 11 is 0. The maximum Gasteiger partial charge on any atom is 0.203 e. The second-order valence-corrected chi connectivity index (χ2v) is 7.18. The molecule has 4 heteroatoms. The molecule has 0 aliphatic heterocycles. The van der Waals surface area contributed by atoms with Gasteiger partial charge in [0.15, 0.2) is 11.5 Å². The molecule has 0 spiro atoms. The number of benzene rings is 2. The van der Waals surface area contributed by atoms with E-state index in [9.17, 15) is 0 Å². The summed E-state index contributed by atoms with van der Waals surface area (Å²) in [5.41, 5.74) is 2.41. The molecule has 2 atom stereocenters. The van der Waals surface area contributed by atoms with Gasteiger partial charge in [0.25, 0.3) is 0 Å². The van der Waals surface area contributed by atoms with Gasteiger partial charge in [0.05, 0.1) is 28.4 Å². The van der Waals surface area contributed by atoms with Gasteiger partial charge in [0, 0.05) is 5.56 Å². The first-order chi connectivity index (χ1) is 13.7. The third-order valence-corrected chi connectivity index (χ3v) is 5.57. The zero-order valence-corrected chi connectivity index (χ0v) is 17.2. The molecule has 0 radical (unpaired) electrons. The van der Waals surface area contributed by atoms with E-state index in [1.807, 2.05) is 18.2 Å². The van der Waals surface area contributed by atoms with Crippen molar-refractivity contribution in [2.75, 3.05) is 28.4 Å². The highest BCUT2D eigenvalue weighted by atomic mass is 16.5. The average molecular weight is 383 g/mol. The quantitative estimate of drug-likeness (QED) is 0.615. The number of hydrogen-bond acceptors (Lipinski definition) is 4. The van der Waals surface area contributed by atoms with Crippen molar-refractivity contribution < 1.29 is 18.9 Å². The lowest BCUT2D eigenvalue weighted by atomic mass is 9.77. The van der Waals surface area contributed by atoms with Crippen LogP contribution in [0.25, 0.3) is 6.08 Å². The van der Waals surface area contributed by atoms with Gasteiger partial charge in [-0.25, -0.2) is 0 Å². The van der Waals surface area contributed by atoms with Crippen molar-refractivity contribution in [2.24, 2.45) is 5.92 Å². The van der Waals surface area contributed by atoms with E-state index in [1.54, 1.807) is 28.4 Å². The summed E-state index contributed by atoms with van der Waals surface area (Å²) in [5, 5.41) is 0. The maximum absolute atomic E-state index is 5.71. The second-order valence-electron chi connectivity index (χ2n) is 7.18. The molecule has 1 fully saturated rings. The summed E-state index contributed by atoms with van der Waals surface area (Å²) in [4.78, 5) is 0. The monoisotopic (exact) mass is 382 g/mol. The zero-order valence-electron chi connectivity index (χ0n) is 17.2. The molecule has 1 saturated carbocycles. The van der Waals surface area contributed by atoms with Crippen LogP contribution in [-0.4, -0.2) is 28.4 Å². The van der Waals surface area contributed by atoms with Gasteiger partial charge < -0.3 is 18.9 Å². The molecule has 0 heterocycles. The lowest BCUT2D eigenvalue weighted by Crippen LogP contribution is -2.14. The van der Waals surface area contributed by atoms with Gasteiger partial charge >= 0.3 is 0 Å². The second kappa shape index (κ2) is 9.54. The first-order valence-electron chi connectivity index (χ1n) is 9.81. The van der Waals surface area contributed by atoms with Crippen LogP contribution < -0.4 is 18.9 Å². The van der Waals surface area contributed by atoms with Crippen LogP contribution in [0.1, 0.15) is 42.7 Å². The first-order valence-corrected chi connectivity index (χ1v) is 9.81. The minimum atomic E-state index is 0.453. The number of methoxy groups -OCH3 is 4. The molecule has 150 valence electrons. The van der Waals surface area contributed by atoms with Crippen LogP contribution >= 0.6 is 0 Å². The van der Waals surface area contributed by atoms with Crippen molar-refractivity contribution in [3.8, 4) is 23.0 Å². The Hall–Kier alpha value is -2.62. The number of rotatable bonds is 7. The Morgan fingerprint density at radius 2 is 1.54 bits per heavy atom. The van der Waals surface area contributed by atoms with Gasteiger partial charge in [-0.05, 0) is 54.9 Å². The van der Waals surface area contributed by atoms with Crippen LogP contribution in [0, 0.1) is 5.92 Å². The fourth-order valence-electron chi connectivity index (χ4n) is 4.09. The van der Waals surface area contributed by atoms with Gasteiger partial charge in [-0.2, -0.15) is 0 Å². The molecule has 2 aromatic carbocycles. The normalized spacial score (nSPS) is 19.4. The fraction of sp³-hybridized carbons (Fsp3) is 0.417. The molecule has 0 bridgehead atoms. The van der Waals surface area contributed by atoms with E-state index < -0.39 is 0 Å². The van der Waals surface area contributed by atoms with Crippen molar-refractivity contribution in [3.05, 3.63) is 53.6 Å². The Balaban J connectivity index is 1.76. The van der Waals surface area contributed by atoms with E-state index in [4.69, 9.17) is 18.9 Å². The Bertz CT molecular complexity index is 795. The molecule has 0 saturated heterocycles. The fourth-order valence-corrected chi connectivity index (χ4v) is 4.09.